The summed E-state index contributed by atoms with van der Waals surface area (Å²) >= 11 is 0. The van der Waals surface area contributed by atoms with E-state index in [1.807, 2.05) is 27.7 Å². The zero-order valence-electron chi connectivity index (χ0n) is 20.2. The summed E-state index contributed by atoms with van der Waals surface area (Å²) in [5.41, 5.74) is -1.52. The molecule has 2 fully saturated rings. The van der Waals surface area contributed by atoms with Crippen LogP contribution in [0.1, 0.15) is 79.1 Å². The molecule has 1 unspecified atom stereocenters. The number of aliphatic hydroxyl groups excluding tert-OH is 1. The molecule has 1 heterocycles. The molecule has 0 bridgehead atoms. The predicted molar refractivity (Wildman–Crippen MR) is 122 cm³/mol. The minimum Gasteiger partial charge on any atom is -0.381 e. The van der Waals surface area contributed by atoms with Crippen molar-refractivity contribution in [1.29, 1.82) is 0 Å². The Kier molecular flexibility index (Phi) is 9.76. The van der Waals surface area contributed by atoms with E-state index >= 15 is 0 Å². The van der Waals surface area contributed by atoms with Gasteiger partial charge in [0.05, 0.1) is 19.3 Å². The summed E-state index contributed by atoms with van der Waals surface area (Å²) in [5.74, 6) is -0.823. The van der Waals surface area contributed by atoms with Gasteiger partial charge in [-0.3, -0.25) is 9.59 Å². The summed E-state index contributed by atoms with van der Waals surface area (Å²) < 4.78 is 5.32. The van der Waals surface area contributed by atoms with E-state index in [1.165, 1.54) is 0 Å². The Balaban J connectivity index is 2.14. The van der Waals surface area contributed by atoms with Gasteiger partial charge in [0.1, 0.15) is 5.54 Å². The van der Waals surface area contributed by atoms with Gasteiger partial charge in [-0.15, -0.1) is 0 Å². The molecule has 2 atom stereocenters. The van der Waals surface area contributed by atoms with E-state index in [4.69, 9.17) is 4.74 Å². The van der Waals surface area contributed by atoms with Gasteiger partial charge in [-0.25, -0.2) is 4.79 Å². The van der Waals surface area contributed by atoms with Crippen molar-refractivity contribution in [2.24, 2.45) is 0 Å². The van der Waals surface area contributed by atoms with Crippen LogP contribution in [0.25, 0.3) is 0 Å². The molecule has 2 aliphatic rings. The third-order valence-electron chi connectivity index (χ3n) is 6.12. The zero-order valence-corrected chi connectivity index (χ0v) is 20.2. The van der Waals surface area contributed by atoms with Crippen molar-refractivity contribution in [3.8, 4) is 0 Å². The zero-order chi connectivity index (χ0) is 23.8. The standard InChI is InChI=1S/C23H42N4O5/c1-5-6-10-17(18(28)19(29)25-22(2,3)4)24-20(30)23(11-8-7-9-12-23)26-21(31)27-13-15-32-16-14-27/h17-18,28H,5-16H2,1-4H3,(H,24,30)(H,25,29)(H,26,31)/t17?,18-/m0/s1. The number of hydrogen-bond donors (Lipinski definition) is 4. The van der Waals surface area contributed by atoms with Crippen molar-refractivity contribution >= 4 is 17.8 Å². The van der Waals surface area contributed by atoms with Crippen LogP contribution in [0.2, 0.25) is 0 Å². The first kappa shape index (κ1) is 26.4. The predicted octanol–water partition coefficient (Wildman–Crippen LogP) is 1.68. The quantitative estimate of drug-likeness (QED) is 0.445. The molecular weight excluding hydrogens is 412 g/mol. The van der Waals surface area contributed by atoms with Crippen molar-refractivity contribution in [3.63, 3.8) is 0 Å². The molecule has 9 nitrogen and oxygen atoms in total. The molecule has 4 N–H and O–H groups in total. The van der Waals surface area contributed by atoms with E-state index in [9.17, 15) is 19.5 Å². The van der Waals surface area contributed by atoms with Crippen molar-refractivity contribution < 1.29 is 24.2 Å². The lowest BCUT2D eigenvalue weighted by atomic mass is 9.80. The minimum atomic E-state index is -1.36. The molecule has 1 aliphatic heterocycles. The third kappa shape index (κ3) is 7.62. The molecule has 2 rings (SSSR count). The summed E-state index contributed by atoms with van der Waals surface area (Å²) in [5, 5.41) is 19.5. The van der Waals surface area contributed by atoms with E-state index in [0.29, 0.717) is 45.6 Å². The number of morpholine rings is 1. The van der Waals surface area contributed by atoms with Crippen LogP contribution in [0.3, 0.4) is 0 Å². The molecule has 0 aromatic carbocycles. The summed E-state index contributed by atoms with van der Waals surface area (Å²) in [4.78, 5) is 40.7. The van der Waals surface area contributed by atoms with Crippen LogP contribution in [0, 0.1) is 0 Å². The number of carbonyl (C=O) groups excluding carboxylic acids is 3. The molecule has 9 heteroatoms. The number of carbonyl (C=O) groups is 3. The first-order chi connectivity index (χ1) is 15.1. The molecule has 0 spiro atoms. The van der Waals surface area contributed by atoms with Crippen LogP contribution in [0.5, 0.6) is 0 Å². The van der Waals surface area contributed by atoms with E-state index in [1.54, 1.807) is 4.90 Å². The van der Waals surface area contributed by atoms with Crippen molar-refractivity contribution in [2.75, 3.05) is 26.3 Å². The van der Waals surface area contributed by atoms with Crippen molar-refractivity contribution in [1.82, 2.24) is 20.9 Å². The number of urea groups is 1. The van der Waals surface area contributed by atoms with Gasteiger partial charge in [0.15, 0.2) is 6.10 Å². The lowest BCUT2D eigenvalue weighted by Crippen LogP contribution is -2.65. The monoisotopic (exact) mass is 454 g/mol. The molecule has 1 saturated carbocycles. The Labute approximate surface area is 192 Å². The Morgan fingerprint density at radius 1 is 1.09 bits per heavy atom. The highest BCUT2D eigenvalue weighted by Crippen LogP contribution is 2.29. The molecule has 1 saturated heterocycles. The Bertz CT molecular complexity index is 637. The molecule has 184 valence electrons. The van der Waals surface area contributed by atoms with Gasteiger partial charge in [-0.05, 0) is 40.0 Å². The van der Waals surface area contributed by atoms with Gasteiger partial charge in [0, 0.05) is 18.6 Å². The number of aliphatic hydroxyl groups is 1. The average Bonchev–Trinajstić information content (AvgIpc) is 2.76. The lowest BCUT2D eigenvalue weighted by Gasteiger charge is -2.40. The molecule has 0 aromatic heterocycles. The maximum Gasteiger partial charge on any atom is 0.318 e. The number of ether oxygens (including phenoxy) is 1. The topological polar surface area (TPSA) is 120 Å². The van der Waals surface area contributed by atoms with E-state index in [-0.39, 0.29) is 11.9 Å². The fourth-order valence-corrected chi connectivity index (χ4v) is 4.28. The van der Waals surface area contributed by atoms with Crippen LogP contribution < -0.4 is 16.0 Å². The van der Waals surface area contributed by atoms with Crippen LogP contribution in [-0.2, 0) is 14.3 Å². The number of hydrogen-bond acceptors (Lipinski definition) is 5. The molecule has 4 amide bonds. The van der Waals surface area contributed by atoms with Crippen LogP contribution in [0.4, 0.5) is 4.79 Å². The summed E-state index contributed by atoms with van der Waals surface area (Å²) in [6.07, 6.45) is 4.52. The largest absolute Gasteiger partial charge is 0.381 e. The SMILES string of the molecule is CCCCC(NC(=O)C1(NC(=O)N2CCOCC2)CCCCC1)[C@H](O)C(=O)NC(C)(C)C. The minimum absolute atomic E-state index is 0.263. The molecule has 0 aromatic rings. The second-order valence-electron chi connectivity index (χ2n) is 10.1. The van der Waals surface area contributed by atoms with Crippen LogP contribution in [-0.4, -0.2) is 77.4 Å². The van der Waals surface area contributed by atoms with Crippen LogP contribution >= 0.6 is 0 Å². The number of rotatable bonds is 8. The molecule has 32 heavy (non-hydrogen) atoms. The molecular formula is C23H42N4O5. The number of unbranched alkanes of at least 4 members (excludes halogenated alkanes) is 1. The Morgan fingerprint density at radius 2 is 1.72 bits per heavy atom. The molecule has 1 aliphatic carbocycles. The van der Waals surface area contributed by atoms with Crippen LogP contribution in [0.15, 0.2) is 0 Å². The maximum absolute atomic E-state index is 13.5. The second-order valence-corrected chi connectivity index (χ2v) is 10.1. The Hall–Kier alpha value is -1.87. The first-order valence-corrected chi connectivity index (χ1v) is 12.0. The average molecular weight is 455 g/mol. The fourth-order valence-electron chi connectivity index (χ4n) is 4.28. The highest BCUT2D eigenvalue weighted by Gasteiger charge is 2.43. The maximum atomic E-state index is 13.5. The van der Waals surface area contributed by atoms with E-state index in [2.05, 4.69) is 16.0 Å². The van der Waals surface area contributed by atoms with E-state index in [0.717, 1.165) is 32.1 Å². The van der Waals surface area contributed by atoms with Gasteiger partial charge >= 0.3 is 6.03 Å². The summed E-state index contributed by atoms with van der Waals surface area (Å²) in [6, 6.07) is -0.981. The Morgan fingerprint density at radius 3 is 2.28 bits per heavy atom. The third-order valence-corrected chi connectivity index (χ3v) is 6.12. The van der Waals surface area contributed by atoms with Crippen molar-refractivity contribution in [2.45, 2.75) is 102 Å². The van der Waals surface area contributed by atoms with Gasteiger partial charge < -0.3 is 30.7 Å². The van der Waals surface area contributed by atoms with Gasteiger partial charge in [0.25, 0.3) is 5.91 Å². The highest BCUT2D eigenvalue weighted by atomic mass is 16.5. The summed E-state index contributed by atoms with van der Waals surface area (Å²) in [6.45, 7) is 9.51. The highest BCUT2D eigenvalue weighted by molar-refractivity contribution is 5.92. The summed E-state index contributed by atoms with van der Waals surface area (Å²) in [7, 11) is 0. The fraction of sp³-hybridized carbons (Fsp3) is 0.870. The number of nitrogens with zero attached hydrogens (tertiary/aromatic N) is 1. The first-order valence-electron chi connectivity index (χ1n) is 12.0. The smallest absolute Gasteiger partial charge is 0.318 e. The van der Waals surface area contributed by atoms with E-state index < -0.39 is 29.1 Å². The van der Waals surface area contributed by atoms with Crippen molar-refractivity contribution in [3.05, 3.63) is 0 Å². The second kappa shape index (κ2) is 11.8. The van der Waals surface area contributed by atoms with Gasteiger partial charge in [-0.2, -0.15) is 0 Å². The number of nitrogens with one attached hydrogen (secondary N) is 3. The molecule has 0 radical (unpaired) electrons. The normalized spacial score (nSPS) is 20.7. The van der Waals surface area contributed by atoms with Gasteiger partial charge in [0.2, 0.25) is 5.91 Å². The van der Waals surface area contributed by atoms with Gasteiger partial charge in [-0.1, -0.05) is 39.0 Å². The number of amides is 4. The lowest BCUT2D eigenvalue weighted by molar-refractivity contribution is -0.135.